The van der Waals surface area contributed by atoms with Gasteiger partial charge in [0.15, 0.2) is 23.1 Å². The highest BCUT2D eigenvalue weighted by Gasteiger charge is 2.53. The summed E-state index contributed by atoms with van der Waals surface area (Å²) in [4.78, 5) is 55.9. The van der Waals surface area contributed by atoms with Crippen LogP contribution in [-0.4, -0.2) is 55.4 Å². The molecule has 6 rings (SSSR count). The van der Waals surface area contributed by atoms with Crippen LogP contribution in [0.3, 0.4) is 0 Å². The number of carbonyl (C=O) groups excluding carboxylic acids is 4. The molecule has 0 heterocycles. The molecule has 0 fully saturated rings. The smallest absolute Gasteiger partial charge is 0.160 e. The van der Waals surface area contributed by atoms with Crippen molar-refractivity contribution in [3.63, 3.8) is 0 Å². The minimum Gasteiger partial charge on any atom is -0.295 e. The fourth-order valence-corrected chi connectivity index (χ4v) is 12.9. The van der Waals surface area contributed by atoms with E-state index >= 15 is 0 Å². The average Bonchev–Trinajstić information content (AvgIpc) is 3.47. The van der Waals surface area contributed by atoms with Gasteiger partial charge < -0.3 is 0 Å². The number of carbonyl (C=O) groups is 4. The molecule has 0 unspecified atom stereocenters. The molecule has 2 aliphatic carbocycles. The molecule has 8 heteroatoms. The third-order valence-electron chi connectivity index (χ3n) is 10.3. The molecule has 0 aromatic heterocycles. The monoisotopic (exact) mass is 772 g/mol. The molecule has 276 valence electrons. The number of fused-ring (bicyclic) bond motifs is 10. The first-order chi connectivity index (χ1) is 24.4. The summed E-state index contributed by atoms with van der Waals surface area (Å²) in [7, 11) is -6.88. The molecule has 0 saturated carbocycles. The van der Waals surface area contributed by atoms with Gasteiger partial charge in [-0.15, -0.1) is 0 Å². The molecule has 0 bridgehead atoms. The van der Waals surface area contributed by atoms with Crippen LogP contribution in [0.25, 0.3) is 22.3 Å². The lowest BCUT2D eigenvalue weighted by atomic mass is 9.69. The van der Waals surface area contributed by atoms with Gasteiger partial charge in [-0.25, -0.2) is 0 Å². The van der Waals surface area contributed by atoms with Crippen LogP contribution in [0.2, 0.25) is 103 Å². The molecule has 0 radical (unpaired) electrons. The summed E-state index contributed by atoms with van der Waals surface area (Å²) in [6.45, 7) is 26.6. The summed E-state index contributed by atoms with van der Waals surface area (Å²) in [6.07, 6.45) is 0. The second-order valence-electron chi connectivity index (χ2n) is 20.4. The van der Waals surface area contributed by atoms with Crippen molar-refractivity contribution in [2.75, 3.05) is 0 Å². The Hall–Kier alpha value is -3.57. The van der Waals surface area contributed by atoms with Crippen LogP contribution >= 0.6 is 0 Å². The molecular formula is C45H56O4Si4. The van der Waals surface area contributed by atoms with Crippen LogP contribution in [0.15, 0.2) is 72.8 Å². The minimum atomic E-state index is -1.72. The first-order valence-electron chi connectivity index (χ1n) is 19.1. The van der Waals surface area contributed by atoms with E-state index in [-0.39, 0.29) is 23.1 Å². The molecule has 4 nitrogen and oxygen atoms in total. The molecule has 2 aliphatic rings. The molecule has 0 amide bonds. The second-order valence-corrected chi connectivity index (χ2v) is 42.3. The normalized spacial score (nSPS) is 14.4. The van der Waals surface area contributed by atoms with Crippen molar-refractivity contribution < 1.29 is 19.2 Å². The predicted molar refractivity (Wildman–Crippen MR) is 233 cm³/mol. The molecule has 0 N–H and O–H groups in total. The summed E-state index contributed by atoms with van der Waals surface area (Å²) in [5.74, 6) is 0.558. The maximum absolute atomic E-state index is 14.0. The maximum atomic E-state index is 14.0. The Bertz CT molecular complexity index is 1890. The number of hydrogen-bond acceptors (Lipinski definition) is 4. The predicted octanol–water partition coefficient (Wildman–Crippen LogP) is 12.1. The van der Waals surface area contributed by atoms with Gasteiger partial charge in [-0.2, -0.15) is 0 Å². The van der Waals surface area contributed by atoms with Gasteiger partial charge in [0.1, 0.15) is 0 Å². The van der Waals surface area contributed by atoms with E-state index in [1.165, 1.54) is 0 Å². The van der Waals surface area contributed by atoms with Gasteiger partial charge in [-0.3, -0.25) is 19.2 Å². The van der Waals surface area contributed by atoms with Crippen LogP contribution in [0.4, 0.5) is 0 Å². The molecule has 1 spiro atoms. The maximum Gasteiger partial charge on any atom is 0.160 e. The average molecular weight is 773 g/mol. The lowest BCUT2D eigenvalue weighted by molar-refractivity contribution is 0.100. The zero-order valence-electron chi connectivity index (χ0n) is 33.9. The highest BCUT2D eigenvalue weighted by Crippen LogP contribution is 2.63. The molecule has 4 aromatic rings. The Morgan fingerprint density at radius 2 is 0.547 bits per heavy atom. The van der Waals surface area contributed by atoms with Gasteiger partial charge >= 0.3 is 0 Å². The molecular weight excluding hydrogens is 717 g/mol. The van der Waals surface area contributed by atoms with Crippen molar-refractivity contribution in [1.29, 1.82) is 0 Å². The Morgan fingerprint density at radius 3 is 0.717 bits per heavy atom. The summed E-state index contributed by atoms with van der Waals surface area (Å²) < 4.78 is 0. The first-order valence-corrected chi connectivity index (χ1v) is 33.9. The second kappa shape index (κ2) is 13.3. The van der Waals surface area contributed by atoms with Gasteiger partial charge in [0, 0.05) is 46.4 Å². The molecule has 4 aromatic carbocycles. The summed E-state index contributed by atoms with van der Waals surface area (Å²) in [6, 6.07) is 26.7. The van der Waals surface area contributed by atoms with Gasteiger partial charge in [-0.1, -0.05) is 127 Å². The molecule has 0 saturated heterocycles. The number of hydrogen-bond donors (Lipinski definition) is 0. The van der Waals surface area contributed by atoms with Crippen molar-refractivity contribution in [2.24, 2.45) is 0 Å². The third-order valence-corrected chi connectivity index (χ3v) is 15.9. The lowest BCUT2D eigenvalue weighted by Gasteiger charge is -2.32. The summed E-state index contributed by atoms with van der Waals surface area (Å²) in [5.41, 5.74) is 9.79. The molecule has 0 aliphatic heterocycles. The zero-order chi connectivity index (χ0) is 39.1. The minimum absolute atomic E-state index is 0.139. The van der Waals surface area contributed by atoms with Crippen molar-refractivity contribution in [3.8, 4) is 22.3 Å². The molecule has 53 heavy (non-hydrogen) atoms. The fraction of sp³-hybridized carbons (Fsp3) is 0.378. The van der Waals surface area contributed by atoms with E-state index in [0.717, 1.165) is 44.5 Å². The number of Topliss-reactive ketones (excluding diaryl/α,β-unsaturated/α-hetero) is 4. The number of rotatable bonds is 12. The molecule has 0 atom stereocenters. The number of benzene rings is 4. The van der Waals surface area contributed by atoms with E-state index in [9.17, 15) is 19.2 Å². The van der Waals surface area contributed by atoms with Crippen LogP contribution in [0.5, 0.6) is 0 Å². The van der Waals surface area contributed by atoms with Gasteiger partial charge in [0.25, 0.3) is 0 Å². The fourth-order valence-electron chi connectivity index (χ4n) is 8.26. The van der Waals surface area contributed by atoms with Crippen molar-refractivity contribution in [2.45, 2.75) is 108 Å². The first kappa shape index (κ1) is 39.1. The Labute approximate surface area is 320 Å². The van der Waals surface area contributed by atoms with Gasteiger partial charge in [0.05, 0.1) is 37.7 Å². The standard InChI is InChI=1S/C45H56O4Si4/c1-50(2,3)25-41(46)29-13-17-33-34-18-14-30(42(47)26-51(4,5)6)22-38(34)45(37(33)21-29)39-23-31(43(48)27-52(7,8)9)15-19-35(39)36-20-16-32(24-40(36)45)44(49)28-53(10,11)12/h13-24H,25-28H2,1-12H3. The van der Waals surface area contributed by atoms with Crippen LogP contribution in [-0.2, 0) is 5.41 Å². The number of ketones is 4. The van der Waals surface area contributed by atoms with Crippen LogP contribution in [0, 0.1) is 0 Å². The van der Waals surface area contributed by atoms with E-state index in [1.54, 1.807) is 0 Å². The van der Waals surface area contributed by atoms with Crippen LogP contribution in [0.1, 0.15) is 63.7 Å². The zero-order valence-corrected chi connectivity index (χ0v) is 37.9. The van der Waals surface area contributed by atoms with E-state index in [0.29, 0.717) is 46.4 Å². The van der Waals surface area contributed by atoms with E-state index in [1.807, 2.05) is 24.3 Å². The SMILES string of the molecule is C[Si](C)(C)CC(=O)c1ccc2c(c1)C1(c3cc(C(=O)C[Si](C)(C)C)ccc3-2)c2cc(C(=O)C[Si](C)(C)C)ccc2-c2ccc(C(=O)C[Si](C)(C)C)cc21. The largest absolute Gasteiger partial charge is 0.295 e. The third kappa shape index (κ3) is 7.70. The Morgan fingerprint density at radius 1 is 0.358 bits per heavy atom. The highest BCUT2D eigenvalue weighted by molar-refractivity contribution is 6.80. The van der Waals surface area contributed by atoms with Crippen LogP contribution < -0.4 is 0 Å². The van der Waals surface area contributed by atoms with Crippen molar-refractivity contribution in [3.05, 3.63) is 117 Å². The Balaban J connectivity index is 1.71. The quantitative estimate of drug-likeness (QED) is 0.0917. The van der Waals surface area contributed by atoms with Crippen molar-refractivity contribution >= 4 is 55.4 Å². The lowest BCUT2D eigenvalue weighted by Crippen LogP contribution is -2.29. The van der Waals surface area contributed by atoms with E-state index < -0.39 is 37.7 Å². The van der Waals surface area contributed by atoms with Crippen molar-refractivity contribution in [1.82, 2.24) is 0 Å². The summed E-state index contributed by atoms with van der Waals surface area (Å²) in [5, 5.41) is 0. The van der Waals surface area contributed by atoms with Gasteiger partial charge in [-0.05, 0) is 68.8 Å². The van der Waals surface area contributed by atoms with E-state index in [2.05, 4.69) is 127 Å². The van der Waals surface area contributed by atoms with Gasteiger partial charge in [0.2, 0.25) is 0 Å². The Kier molecular flexibility index (Phi) is 9.84. The van der Waals surface area contributed by atoms with E-state index in [4.69, 9.17) is 0 Å². The summed E-state index contributed by atoms with van der Waals surface area (Å²) >= 11 is 0. The topological polar surface area (TPSA) is 68.3 Å². The highest BCUT2D eigenvalue weighted by atomic mass is 28.3.